The van der Waals surface area contributed by atoms with E-state index in [1.165, 1.54) is 5.56 Å². The number of hydrogen-bond donors (Lipinski definition) is 1. The molecular formula is C17H19NO3. The number of aryl methyl sites for hydroxylation is 1. The number of anilines is 1. The Hall–Kier alpha value is -2.49. The van der Waals surface area contributed by atoms with Crippen molar-refractivity contribution >= 4 is 11.7 Å². The van der Waals surface area contributed by atoms with Gasteiger partial charge in [-0.3, -0.25) is 0 Å². The van der Waals surface area contributed by atoms with Crippen LogP contribution in [0.25, 0.3) is 0 Å². The number of hydrogen-bond acceptors (Lipinski definition) is 4. The summed E-state index contributed by atoms with van der Waals surface area (Å²) in [7, 11) is 0. The van der Waals surface area contributed by atoms with Gasteiger partial charge in [0.05, 0.1) is 12.2 Å². The third-order valence-electron chi connectivity index (χ3n) is 2.97. The second-order valence-electron chi connectivity index (χ2n) is 4.79. The van der Waals surface area contributed by atoms with Crippen LogP contribution in [0.15, 0.2) is 42.5 Å². The lowest BCUT2D eigenvalue weighted by molar-refractivity contribution is 0.0472. The van der Waals surface area contributed by atoms with E-state index in [0.717, 1.165) is 5.56 Å². The molecule has 21 heavy (non-hydrogen) atoms. The van der Waals surface area contributed by atoms with Crippen LogP contribution in [0, 0.1) is 6.92 Å². The van der Waals surface area contributed by atoms with E-state index in [1.807, 2.05) is 38.1 Å². The first kappa shape index (κ1) is 14.9. The lowest BCUT2D eigenvalue weighted by Crippen LogP contribution is -2.06. The summed E-state index contributed by atoms with van der Waals surface area (Å²) in [6.45, 7) is 4.63. The molecule has 4 heteroatoms. The first-order valence-corrected chi connectivity index (χ1v) is 6.84. The van der Waals surface area contributed by atoms with Gasteiger partial charge in [-0.1, -0.05) is 29.8 Å². The molecule has 0 amide bonds. The Kier molecular flexibility index (Phi) is 4.82. The summed E-state index contributed by atoms with van der Waals surface area (Å²) in [5.41, 5.74) is 8.75. The van der Waals surface area contributed by atoms with E-state index in [1.54, 1.807) is 18.2 Å². The van der Waals surface area contributed by atoms with E-state index in [-0.39, 0.29) is 6.61 Å². The standard InChI is InChI=1S/C17H19NO3/c1-3-20-16-9-14(8-15(18)10-16)17(19)21-11-13-6-4-12(2)5-7-13/h4-10H,3,11,18H2,1-2H3. The Morgan fingerprint density at radius 1 is 1.14 bits per heavy atom. The van der Waals surface area contributed by atoms with Crippen LogP contribution in [0.4, 0.5) is 5.69 Å². The Morgan fingerprint density at radius 2 is 1.86 bits per heavy atom. The summed E-state index contributed by atoms with van der Waals surface area (Å²) in [6.07, 6.45) is 0. The van der Waals surface area contributed by atoms with Crippen LogP contribution in [0.1, 0.15) is 28.4 Å². The van der Waals surface area contributed by atoms with Gasteiger partial charge in [0, 0.05) is 11.8 Å². The molecule has 2 aromatic carbocycles. The minimum Gasteiger partial charge on any atom is -0.494 e. The monoisotopic (exact) mass is 285 g/mol. The van der Waals surface area contributed by atoms with Crippen molar-refractivity contribution in [2.24, 2.45) is 0 Å². The van der Waals surface area contributed by atoms with Gasteiger partial charge >= 0.3 is 5.97 Å². The fourth-order valence-corrected chi connectivity index (χ4v) is 1.91. The van der Waals surface area contributed by atoms with Crippen molar-refractivity contribution in [3.63, 3.8) is 0 Å². The first-order chi connectivity index (χ1) is 10.1. The topological polar surface area (TPSA) is 61.5 Å². The van der Waals surface area contributed by atoms with Crippen LogP contribution >= 0.6 is 0 Å². The van der Waals surface area contributed by atoms with Crippen molar-refractivity contribution in [3.05, 3.63) is 59.2 Å². The number of ether oxygens (including phenoxy) is 2. The summed E-state index contributed by atoms with van der Waals surface area (Å²) in [5.74, 6) is 0.156. The highest BCUT2D eigenvalue weighted by atomic mass is 16.5. The molecule has 4 nitrogen and oxygen atoms in total. The van der Waals surface area contributed by atoms with Crippen molar-refractivity contribution < 1.29 is 14.3 Å². The zero-order chi connectivity index (χ0) is 15.2. The SMILES string of the molecule is CCOc1cc(N)cc(C(=O)OCc2ccc(C)cc2)c1. The van der Waals surface area contributed by atoms with Gasteiger partial charge in [-0.15, -0.1) is 0 Å². The summed E-state index contributed by atoms with van der Waals surface area (Å²) >= 11 is 0. The Bertz CT molecular complexity index is 620. The lowest BCUT2D eigenvalue weighted by Gasteiger charge is -2.09. The van der Waals surface area contributed by atoms with E-state index >= 15 is 0 Å². The highest BCUT2D eigenvalue weighted by Gasteiger charge is 2.10. The molecule has 0 heterocycles. The minimum atomic E-state index is -0.413. The Morgan fingerprint density at radius 3 is 2.52 bits per heavy atom. The molecule has 0 bridgehead atoms. The molecule has 0 aliphatic rings. The molecule has 0 saturated carbocycles. The highest BCUT2D eigenvalue weighted by molar-refractivity contribution is 5.91. The number of benzene rings is 2. The zero-order valence-corrected chi connectivity index (χ0v) is 12.3. The molecule has 0 saturated heterocycles. The molecular weight excluding hydrogens is 266 g/mol. The van der Waals surface area contributed by atoms with Gasteiger partial charge in [0.15, 0.2) is 0 Å². The second kappa shape index (κ2) is 6.79. The van der Waals surface area contributed by atoms with Crippen molar-refractivity contribution in [1.29, 1.82) is 0 Å². The third kappa shape index (κ3) is 4.24. The predicted molar refractivity (Wildman–Crippen MR) is 82.3 cm³/mol. The Labute approximate surface area is 124 Å². The van der Waals surface area contributed by atoms with Crippen molar-refractivity contribution in [3.8, 4) is 5.75 Å². The number of esters is 1. The van der Waals surface area contributed by atoms with Crippen LogP contribution in [0.2, 0.25) is 0 Å². The van der Waals surface area contributed by atoms with Gasteiger partial charge in [0.2, 0.25) is 0 Å². The van der Waals surface area contributed by atoms with E-state index < -0.39 is 5.97 Å². The van der Waals surface area contributed by atoms with Crippen LogP contribution in [-0.2, 0) is 11.3 Å². The number of carbonyl (C=O) groups is 1. The van der Waals surface area contributed by atoms with Crippen LogP contribution in [0.3, 0.4) is 0 Å². The molecule has 110 valence electrons. The largest absolute Gasteiger partial charge is 0.494 e. The van der Waals surface area contributed by atoms with E-state index in [9.17, 15) is 4.79 Å². The molecule has 0 radical (unpaired) electrons. The maximum atomic E-state index is 12.1. The van der Waals surface area contributed by atoms with Gasteiger partial charge in [-0.05, 0) is 31.5 Å². The van der Waals surface area contributed by atoms with Crippen molar-refractivity contribution in [2.45, 2.75) is 20.5 Å². The molecule has 0 aliphatic heterocycles. The number of nitrogens with two attached hydrogens (primary N) is 1. The van der Waals surface area contributed by atoms with Gasteiger partial charge in [0.1, 0.15) is 12.4 Å². The van der Waals surface area contributed by atoms with Gasteiger partial charge in [0.25, 0.3) is 0 Å². The van der Waals surface area contributed by atoms with E-state index in [2.05, 4.69) is 0 Å². The van der Waals surface area contributed by atoms with Crippen LogP contribution in [0.5, 0.6) is 5.75 Å². The van der Waals surface area contributed by atoms with Gasteiger partial charge < -0.3 is 15.2 Å². The van der Waals surface area contributed by atoms with Gasteiger partial charge in [-0.25, -0.2) is 4.79 Å². The average Bonchev–Trinajstić information content (AvgIpc) is 2.46. The Balaban J connectivity index is 2.04. The van der Waals surface area contributed by atoms with E-state index in [0.29, 0.717) is 23.6 Å². The second-order valence-corrected chi connectivity index (χ2v) is 4.79. The maximum Gasteiger partial charge on any atom is 0.338 e. The average molecular weight is 285 g/mol. The van der Waals surface area contributed by atoms with Crippen LogP contribution in [-0.4, -0.2) is 12.6 Å². The quantitative estimate of drug-likeness (QED) is 0.676. The lowest BCUT2D eigenvalue weighted by atomic mass is 10.1. The highest BCUT2D eigenvalue weighted by Crippen LogP contribution is 2.20. The number of nitrogen functional groups attached to an aromatic ring is 1. The summed E-state index contributed by atoms with van der Waals surface area (Å²) in [6, 6.07) is 12.7. The smallest absolute Gasteiger partial charge is 0.338 e. The number of carbonyl (C=O) groups excluding carboxylic acids is 1. The summed E-state index contributed by atoms with van der Waals surface area (Å²) in [4.78, 5) is 12.1. The first-order valence-electron chi connectivity index (χ1n) is 6.84. The molecule has 0 aromatic heterocycles. The normalized spacial score (nSPS) is 10.2. The summed E-state index contributed by atoms with van der Waals surface area (Å²) < 4.78 is 10.7. The molecule has 2 rings (SSSR count). The van der Waals surface area contributed by atoms with Crippen molar-refractivity contribution in [1.82, 2.24) is 0 Å². The third-order valence-corrected chi connectivity index (χ3v) is 2.97. The molecule has 0 unspecified atom stereocenters. The fourth-order valence-electron chi connectivity index (χ4n) is 1.91. The molecule has 2 aromatic rings. The predicted octanol–water partition coefficient (Wildman–Crippen LogP) is 3.33. The minimum absolute atomic E-state index is 0.234. The molecule has 2 N–H and O–H groups in total. The molecule has 0 spiro atoms. The molecule has 0 fully saturated rings. The maximum absolute atomic E-state index is 12.1. The molecule has 0 aliphatic carbocycles. The van der Waals surface area contributed by atoms with Gasteiger partial charge in [-0.2, -0.15) is 0 Å². The zero-order valence-electron chi connectivity index (χ0n) is 12.3. The number of rotatable bonds is 5. The van der Waals surface area contributed by atoms with E-state index in [4.69, 9.17) is 15.2 Å². The fraction of sp³-hybridized carbons (Fsp3) is 0.235. The summed E-state index contributed by atoms with van der Waals surface area (Å²) in [5, 5.41) is 0. The van der Waals surface area contributed by atoms with Crippen molar-refractivity contribution in [2.75, 3.05) is 12.3 Å². The molecule has 0 atom stereocenters. The van der Waals surface area contributed by atoms with Crippen LogP contribution < -0.4 is 10.5 Å².